The summed E-state index contributed by atoms with van der Waals surface area (Å²) >= 11 is 0. The van der Waals surface area contributed by atoms with E-state index in [1.807, 2.05) is 24.3 Å². The van der Waals surface area contributed by atoms with Gasteiger partial charge >= 0.3 is 0 Å². The summed E-state index contributed by atoms with van der Waals surface area (Å²) in [6.07, 6.45) is 0.954. The molecule has 1 aliphatic heterocycles. The molecule has 1 heterocycles. The van der Waals surface area contributed by atoms with E-state index >= 15 is 0 Å². The Labute approximate surface area is 170 Å². The molecule has 0 aliphatic carbocycles. The summed E-state index contributed by atoms with van der Waals surface area (Å²) in [5, 5.41) is 2.85. The Morgan fingerprint density at radius 1 is 1.00 bits per heavy atom. The fourth-order valence-corrected chi connectivity index (χ4v) is 2.96. The standard InChI is InChI=1S/C22H26N2O5/c1-27-19-8-10-20(11-9-19)29-14-2-3-21(25)23-18-6-4-17(5-7-18)22(26)24-12-15-28-16-13-24/h4-11H,2-3,12-16H2,1H3,(H,23,25). The van der Waals surface area contributed by atoms with Gasteiger partial charge in [0.05, 0.1) is 26.9 Å². The van der Waals surface area contributed by atoms with Crippen molar-refractivity contribution in [3.05, 3.63) is 54.1 Å². The third-order valence-corrected chi connectivity index (χ3v) is 4.59. The molecule has 0 atom stereocenters. The maximum atomic E-state index is 12.4. The van der Waals surface area contributed by atoms with Gasteiger partial charge in [0.1, 0.15) is 11.5 Å². The Bertz CT molecular complexity index is 799. The summed E-state index contributed by atoms with van der Waals surface area (Å²) in [5.41, 5.74) is 1.28. The average molecular weight is 398 g/mol. The quantitative estimate of drug-likeness (QED) is 0.692. The molecule has 2 aromatic rings. The number of hydrogen-bond donors (Lipinski definition) is 1. The maximum Gasteiger partial charge on any atom is 0.254 e. The van der Waals surface area contributed by atoms with Crippen molar-refractivity contribution in [1.82, 2.24) is 4.90 Å². The van der Waals surface area contributed by atoms with E-state index in [-0.39, 0.29) is 11.8 Å². The van der Waals surface area contributed by atoms with E-state index in [1.165, 1.54) is 0 Å². The Balaban J connectivity index is 1.39. The first-order valence-corrected chi connectivity index (χ1v) is 9.69. The maximum absolute atomic E-state index is 12.4. The van der Waals surface area contributed by atoms with Crippen molar-refractivity contribution in [2.24, 2.45) is 0 Å². The number of nitrogens with zero attached hydrogens (tertiary/aromatic N) is 1. The number of carbonyl (C=O) groups is 2. The van der Waals surface area contributed by atoms with Crippen LogP contribution in [0.4, 0.5) is 5.69 Å². The van der Waals surface area contributed by atoms with Gasteiger partial charge in [0.2, 0.25) is 5.91 Å². The summed E-state index contributed by atoms with van der Waals surface area (Å²) in [5.74, 6) is 1.42. The highest BCUT2D eigenvalue weighted by Gasteiger charge is 2.18. The van der Waals surface area contributed by atoms with E-state index in [1.54, 1.807) is 36.3 Å². The monoisotopic (exact) mass is 398 g/mol. The van der Waals surface area contributed by atoms with Crippen molar-refractivity contribution in [3.8, 4) is 11.5 Å². The van der Waals surface area contributed by atoms with Crippen LogP contribution in [0.5, 0.6) is 11.5 Å². The molecule has 1 fully saturated rings. The van der Waals surface area contributed by atoms with E-state index < -0.39 is 0 Å². The number of hydrogen-bond acceptors (Lipinski definition) is 5. The largest absolute Gasteiger partial charge is 0.497 e. The van der Waals surface area contributed by atoms with Crippen molar-refractivity contribution in [1.29, 1.82) is 0 Å². The summed E-state index contributed by atoms with van der Waals surface area (Å²) in [6.45, 7) is 2.81. The first kappa shape index (κ1) is 20.7. The Morgan fingerprint density at radius 2 is 1.66 bits per heavy atom. The Morgan fingerprint density at radius 3 is 2.31 bits per heavy atom. The van der Waals surface area contributed by atoms with Gasteiger partial charge in [-0.25, -0.2) is 0 Å². The van der Waals surface area contributed by atoms with Gasteiger partial charge in [0, 0.05) is 30.8 Å². The van der Waals surface area contributed by atoms with Crippen molar-refractivity contribution in [3.63, 3.8) is 0 Å². The van der Waals surface area contributed by atoms with E-state index in [0.29, 0.717) is 57.0 Å². The van der Waals surface area contributed by atoms with Gasteiger partial charge in [-0.2, -0.15) is 0 Å². The lowest BCUT2D eigenvalue weighted by molar-refractivity contribution is -0.116. The first-order valence-electron chi connectivity index (χ1n) is 9.69. The van der Waals surface area contributed by atoms with Gasteiger partial charge < -0.3 is 24.4 Å². The molecule has 2 aromatic carbocycles. The molecule has 0 bridgehead atoms. The van der Waals surface area contributed by atoms with Crippen LogP contribution in [0.3, 0.4) is 0 Å². The van der Waals surface area contributed by atoms with E-state index in [9.17, 15) is 9.59 Å². The van der Waals surface area contributed by atoms with Gasteiger partial charge in [0.25, 0.3) is 5.91 Å². The molecule has 1 saturated heterocycles. The van der Waals surface area contributed by atoms with Crippen LogP contribution >= 0.6 is 0 Å². The molecule has 0 spiro atoms. The Kier molecular flexibility index (Phi) is 7.47. The number of morpholine rings is 1. The molecule has 0 radical (unpaired) electrons. The Hall–Kier alpha value is -3.06. The fraction of sp³-hybridized carbons (Fsp3) is 0.364. The van der Waals surface area contributed by atoms with Crippen LogP contribution in [0.15, 0.2) is 48.5 Å². The second kappa shape index (κ2) is 10.5. The first-order chi connectivity index (χ1) is 14.2. The molecule has 0 saturated carbocycles. The number of ether oxygens (including phenoxy) is 3. The predicted octanol–water partition coefficient (Wildman–Crippen LogP) is 2.97. The molecule has 29 heavy (non-hydrogen) atoms. The van der Waals surface area contributed by atoms with Crippen LogP contribution in [-0.2, 0) is 9.53 Å². The normalized spacial score (nSPS) is 13.6. The zero-order chi connectivity index (χ0) is 20.5. The zero-order valence-corrected chi connectivity index (χ0v) is 16.6. The van der Waals surface area contributed by atoms with Crippen LogP contribution in [0.25, 0.3) is 0 Å². The molecule has 0 aromatic heterocycles. The van der Waals surface area contributed by atoms with Crippen molar-refractivity contribution < 1.29 is 23.8 Å². The van der Waals surface area contributed by atoms with Crippen LogP contribution in [0.1, 0.15) is 23.2 Å². The number of methoxy groups -OCH3 is 1. The van der Waals surface area contributed by atoms with Gasteiger partial charge in [0.15, 0.2) is 0 Å². The molecular weight excluding hydrogens is 372 g/mol. The van der Waals surface area contributed by atoms with Crippen molar-refractivity contribution in [2.75, 3.05) is 45.3 Å². The lowest BCUT2D eigenvalue weighted by Gasteiger charge is -2.26. The molecule has 154 valence electrons. The number of nitrogens with one attached hydrogen (secondary N) is 1. The molecule has 3 rings (SSSR count). The third kappa shape index (κ3) is 6.22. The second-order valence-electron chi connectivity index (χ2n) is 6.66. The molecule has 0 unspecified atom stereocenters. The fourth-order valence-electron chi connectivity index (χ4n) is 2.96. The number of carbonyl (C=O) groups excluding carboxylic acids is 2. The topological polar surface area (TPSA) is 77.1 Å². The van der Waals surface area contributed by atoms with Crippen molar-refractivity contribution in [2.45, 2.75) is 12.8 Å². The molecule has 1 N–H and O–H groups in total. The van der Waals surface area contributed by atoms with Crippen LogP contribution in [0, 0.1) is 0 Å². The van der Waals surface area contributed by atoms with E-state index in [4.69, 9.17) is 14.2 Å². The summed E-state index contributed by atoms with van der Waals surface area (Å²) in [6, 6.07) is 14.3. The molecule has 1 aliphatic rings. The lowest BCUT2D eigenvalue weighted by Crippen LogP contribution is -2.40. The van der Waals surface area contributed by atoms with Gasteiger partial charge in [-0.15, -0.1) is 0 Å². The highest BCUT2D eigenvalue weighted by Crippen LogP contribution is 2.17. The van der Waals surface area contributed by atoms with Gasteiger partial charge in [-0.05, 0) is 55.0 Å². The summed E-state index contributed by atoms with van der Waals surface area (Å²) < 4.78 is 16.0. The molecule has 2 amide bonds. The minimum absolute atomic E-state index is 0.0122. The SMILES string of the molecule is COc1ccc(OCCCC(=O)Nc2ccc(C(=O)N3CCOCC3)cc2)cc1. The lowest BCUT2D eigenvalue weighted by atomic mass is 10.1. The molecular formula is C22H26N2O5. The number of amides is 2. The van der Waals surface area contributed by atoms with Gasteiger partial charge in [-0.1, -0.05) is 0 Å². The van der Waals surface area contributed by atoms with Gasteiger partial charge in [-0.3, -0.25) is 9.59 Å². The predicted molar refractivity (Wildman–Crippen MR) is 110 cm³/mol. The van der Waals surface area contributed by atoms with E-state index in [2.05, 4.69) is 5.32 Å². The molecule has 7 nitrogen and oxygen atoms in total. The smallest absolute Gasteiger partial charge is 0.254 e. The average Bonchev–Trinajstić information content (AvgIpc) is 2.78. The summed E-state index contributed by atoms with van der Waals surface area (Å²) in [4.78, 5) is 26.3. The molecule has 7 heteroatoms. The van der Waals surface area contributed by atoms with Crippen molar-refractivity contribution >= 4 is 17.5 Å². The minimum Gasteiger partial charge on any atom is -0.497 e. The summed E-state index contributed by atoms with van der Waals surface area (Å²) in [7, 11) is 1.62. The zero-order valence-electron chi connectivity index (χ0n) is 16.6. The van der Waals surface area contributed by atoms with Crippen LogP contribution < -0.4 is 14.8 Å². The highest BCUT2D eigenvalue weighted by molar-refractivity contribution is 5.95. The van der Waals surface area contributed by atoms with Crippen LogP contribution in [-0.4, -0.2) is 56.7 Å². The number of benzene rings is 2. The highest BCUT2D eigenvalue weighted by atomic mass is 16.5. The minimum atomic E-state index is -0.0874. The number of rotatable bonds is 8. The number of anilines is 1. The second-order valence-corrected chi connectivity index (χ2v) is 6.66. The van der Waals surface area contributed by atoms with E-state index in [0.717, 1.165) is 11.5 Å². The van der Waals surface area contributed by atoms with Crippen LogP contribution in [0.2, 0.25) is 0 Å². The third-order valence-electron chi connectivity index (χ3n) is 4.59.